The van der Waals surface area contributed by atoms with E-state index in [1.807, 2.05) is 0 Å². The van der Waals surface area contributed by atoms with Crippen LogP contribution in [0.3, 0.4) is 0 Å². The Bertz CT molecular complexity index is 252. The molecule has 2 aliphatic carbocycles. The highest BCUT2D eigenvalue weighted by molar-refractivity contribution is 5.14. The van der Waals surface area contributed by atoms with Crippen molar-refractivity contribution in [3.63, 3.8) is 0 Å². The van der Waals surface area contributed by atoms with E-state index in [4.69, 9.17) is 5.73 Å². The van der Waals surface area contributed by atoms with Gasteiger partial charge < -0.3 is 5.73 Å². The lowest BCUT2D eigenvalue weighted by molar-refractivity contribution is 0.0205. The van der Waals surface area contributed by atoms with E-state index in [-0.39, 0.29) is 18.9 Å². The Labute approximate surface area is 90.4 Å². The molecule has 0 radical (unpaired) electrons. The number of nitrogens with two attached hydrogens (primary N) is 1. The van der Waals surface area contributed by atoms with Crippen LogP contribution in [0.4, 0.5) is 8.78 Å². The first kappa shape index (κ1) is 11.3. The third-order valence-electron chi connectivity index (χ3n) is 4.63. The fourth-order valence-electron chi connectivity index (χ4n) is 3.13. The van der Waals surface area contributed by atoms with E-state index < -0.39 is 11.3 Å². The summed E-state index contributed by atoms with van der Waals surface area (Å²) in [4.78, 5) is 0. The molecule has 2 fully saturated rings. The Morgan fingerprint density at radius 2 is 1.67 bits per heavy atom. The van der Waals surface area contributed by atoms with Crippen molar-refractivity contribution in [3.05, 3.63) is 0 Å². The molecule has 0 aromatic carbocycles. The van der Waals surface area contributed by atoms with Gasteiger partial charge in [-0.1, -0.05) is 13.8 Å². The van der Waals surface area contributed by atoms with E-state index >= 15 is 0 Å². The minimum atomic E-state index is -2.48. The molecule has 0 bridgehead atoms. The van der Waals surface area contributed by atoms with Gasteiger partial charge in [-0.2, -0.15) is 0 Å². The van der Waals surface area contributed by atoms with Crippen LogP contribution in [0.25, 0.3) is 0 Å². The molecule has 3 heteroatoms. The van der Waals surface area contributed by atoms with Crippen molar-refractivity contribution in [2.75, 3.05) is 6.54 Å². The molecule has 2 saturated carbocycles. The van der Waals surface area contributed by atoms with Gasteiger partial charge in [-0.05, 0) is 37.0 Å². The molecule has 2 aliphatic rings. The van der Waals surface area contributed by atoms with Gasteiger partial charge in [0.25, 0.3) is 5.92 Å². The maximum atomic E-state index is 13.3. The van der Waals surface area contributed by atoms with Crippen LogP contribution in [0.15, 0.2) is 0 Å². The Morgan fingerprint density at radius 3 is 2.00 bits per heavy atom. The molecule has 0 aromatic heterocycles. The number of alkyl halides is 2. The van der Waals surface area contributed by atoms with Crippen molar-refractivity contribution in [1.29, 1.82) is 0 Å². The first-order chi connectivity index (χ1) is 6.83. The lowest BCUT2D eigenvalue weighted by atomic mass is 9.68. The fraction of sp³-hybridized carbons (Fsp3) is 1.00. The molecular formula is C12H21F2N. The van der Waals surface area contributed by atoms with Crippen LogP contribution >= 0.6 is 0 Å². The molecule has 0 aliphatic heterocycles. The summed E-state index contributed by atoms with van der Waals surface area (Å²) in [7, 11) is 0. The van der Waals surface area contributed by atoms with Crippen molar-refractivity contribution in [3.8, 4) is 0 Å². The van der Waals surface area contributed by atoms with Gasteiger partial charge in [0, 0.05) is 13.0 Å². The summed E-state index contributed by atoms with van der Waals surface area (Å²) in [5, 5.41) is 0. The van der Waals surface area contributed by atoms with Crippen molar-refractivity contribution in [1.82, 2.24) is 0 Å². The molecule has 1 unspecified atom stereocenters. The van der Waals surface area contributed by atoms with Crippen molar-refractivity contribution in [2.45, 2.75) is 51.9 Å². The third-order valence-corrected chi connectivity index (χ3v) is 4.63. The summed E-state index contributed by atoms with van der Waals surface area (Å²) in [6.07, 6.45) is 4.02. The number of rotatable bonds is 2. The molecule has 88 valence electrons. The average Bonchev–Trinajstić information content (AvgIpc) is 2.70. The van der Waals surface area contributed by atoms with Crippen molar-refractivity contribution >= 4 is 0 Å². The van der Waals surface area contributed by atoms with Gasteiger partial charge in [0.15, 0.2) is 0 Å². The van der Waals surface area contributed by atoms with E-state index in [9.17, 15) is 8.78 Å². The van der Waals surface area contributed by atoms with Crippen LogP contribution in [0.2, 0.25) is 0 Å². The second-order valence-corrected chi connectivity index (χ2v) is 6.18. The van der Waals surface area contributed by atoms with Crippen LogP contribution in [0.5, 0.6) is 0 Å². The van der Waals surface area contributed by atoms with Crippen LogP contribution in [-0.2, 0) is 0 Å². The molecule has 2 rings (SSSR count). The van der Waals surface area contributed by atoms with E-state index in [1.54, 1.807) is 0 Å². The van der Waals surface area contributed by atoms with Gasteiger partial charge in [0.1, 0.15) is 0 Å². The topological polar surface area (TPSA) is 26.0 Å². The second-order valence-electron chi connectivity index (χ2n) is 6.18. The molecule has 0 amide bonds. The van der Waals surface area contributed by atoms with E-state index in [0.29, 0.717) is 5.41 Å². The van der Waals surface area contributed by atoms with Crippen molar-refractivity contribution < 1.29 is 8.78 Å². The molecule has 15 heavy (non-hydrogen) atoms. The summed E-state index contributed by atoms with van der Waals surface area (Å²) < 4.78 is 26.7. The van der Waals surface area contributed by atoms with Crippen LogP contribution in [-0.4, -0.2) is 12.5 Å². The minimum absolute atomic E-state index is 0.0294. The summed E-state index contributed by atoms with van der Waals surface area (Å²) in [6.45, 7) is 4.61. The first-order valence-corrected chi connectivity index (χ1v) is 5.91. The van der Waals surface area contributed by atoms with Crippen LogP contribution in [0, 0.1) is 16.7 Å². The van der Waals surface area contributed by atoms with Gasteiger partial charge in [-0.25, -0.2) is 8.78 Å². The normalized spacial score (nSPS) is 39.0. The second kappa shape index (κ2) is 3.16. The highest BCUT2D eigenvalue weighted by Gasteiger charge is 2.73. The average molecular weight is 217 g/mol. The predicted molar refractivity (Wildman–Crippen MR) is 56.8 cm³/mol. The number of hydrogen-bond donors (Lipinski definition) is 1. The SMILES string of the molecule is CC1(C)CCC(C2(CN)CC2(F)F)CC1. The molecule has 0 saturated heterocycles. The van der Waals surface area contributed by atoms with E-state index in [0.717, 1.165) is 25.7 Å². The lowest BCUT2D eigenvalue weighted by Crippen LogP contribution is -2.35. The molecular weight excluding hydrogens is 196 g/mol. The predicted octanol–water partition coefficient (Wildman–Crippen LogP) is 3.19. The molecule has 1 nitrogen and oxygen atoms in total. The van der Waals surface area contributed by atoms with Gasteiger partial charge in [-0.3, -0.25) is 0 Å². The van der Waals surface area contributed by atoms with Gasteiger partial charge in [0.2, 0.25) is 0 Å². The number of halogens is 2. The monoisotopic (exact) mass is 217 g/mol. The highest BCUT2D eigenvalue weighted by Crippen LogP contribution is 2.67. The maximum absolute atomic E-state index is 13.3. The lowest BCUT2D eigenvalue weighted by Gasteiger charge is -2.38. The van der Waals surface area contributed by atoms with Gasteiger partial charge in [-0.15, -0.1) is 0 Å². The quantitative estimate of drug-likeness (QED) is 0.755. The third kappa shape index (κ3) is 1.69. The van der Waals surface area contributed by atoms with Gasteiger partial charge in [0.05, 0.1) is 5.41 Å². The molecule has 0 aromatic rings. The largest absolute Gasteiger partial charge is 0.330 e. The van der Waals surface area contributed by atoms with Crippen LogP contribution < -0.4 is 5.73 Å². The zero-order chi connectivity index (χ0) is 11.3. The maximum Gasteiger partial charge on any atom is 0.256 e. The van der Waals surface area contributed by atoms with E-state index in [2.05, 4.69) is 13.8 Å². The zero-order valence-electron chi connectivity index (χ0n) is 9.65. The van der Waals surface area contributed by atoms with Crippen LogP contribution in [0.1, 0.15) is 46.0 Å². The van der Waals surface area contributed by atoms with E-state index in [1.165, 1.54) is 0 Å². The summed E-state index contributed by atoms with van der Waals surface area (Å²) in [6, 6.07) is 0. The molecule has 0 heterocycles. The summed E-state index contributed by atoms with van der Waals surface area (Å²) in [5.74, 6) is -2.32. The molecule has 0 spiro atoms. The van der Waals surface area contributed by atoms with Gasteiger partial charge >= 0.3 is 0 Å². The van der Waals surface area contributed by atoms with Crippen molar-refractivity contribution in [2.24, 2.45) is 22.5 Å². The first-order valence-electron chi connectivity index (χ1n) is 5.91. The highest BCUT2D eigenvalue weighted by atomic mass is 19.3. The standard InChI is InChI=1S/C12H21F2N/c1-10(2)5-3-9(4-6-10)11(8-15)7-12(11,13)14/h9H,3-8,15H2,1-2H3. The fourth-order valence-corrected chi connectivity index (χ4v) is 3.13. The summed E-state index contributed by atoms with van der Waals surface area (Å²) in [5.41, 5.74) is 5.08. The Balaban J connectivity index is 2.02. The molecule has 1 atom stereocenters. The molecule has 2 N–H and O–H groups in total. The zero-order valence-corrected chi connectivity index (χ0v) is 9.65. The number of hydrogen-bond acceptors (Lipinski definition) is 1. The Hall–Kier alpha value is -0.180. The minimum Gasteiger partial charge on any atom is -0.330 e. The summed E-state index contributed by atoms with van der Waals surface area (Å²) >= 11 is 0. The Morgan fingerprint density at radius 1 is 1.20 bits per heavy atom. The Kier molecular flexibility index (Phi) is 2.38. The smallest absolute Gasteiger partial charge is 0.256 e.